The summed E-state index contributed by atoms with van der Waals surface area (Å²) in [6.45, 7) is 16.2. The number of nitrogens with zero attached hydrogens (tertiary/aromatic N) is 1. The molecule has 1 saturated carbocycles. The minimum atomic E-state index is -2.91. The van der Waals surface area contributed by atoms with Crippen LogP contribution in [0.25, 0.3) is 0 Å². The Morgan fingerprint density at radius 2 is 1.48 bits per heavy atom. The van der Waals surface area contributed by atoms with E-state index in [9.17, 15) is 14.0 Å². The van der Waals surface area contributed by atoms with E-state index in [1.165, 1.54) is 6.07 Å². The van der Waals surface area contributed by atoms with Crippen LogP contribution in [-0.4, -0.2) is 62.7 Å². The molecule has 1 saturated heterocycles. The SMILES string of the molecule is CC(C)(C)OC(=O)N1C[C@@H](C(=O)NC(C)(C)c2ccc(F)cc2C2CC2)OC[C@H]1CO[Si](c1ccccc1)(c1ccccc1)C(C)(C)C. The van der Waals surface area contributed by atoms with Gasteiger partial charge in [-0.2, -0.15) is 0 Å². The van der Waals surface area contributed by atoms with Crippen LogP contribution in [0.4, 0.5) is 9.18 Å². The predicted molar refractivity (Wildman–Crippen MR) is 190 cm³/mol. The van der Waals surface area contributed by atoms with Crippen LogP contribution in [0, 0.1) is 5.82 Å². The topological polar surface area (TPSA) is 77.1 Å². The zero-order chi connectivity index (χ0) is 34.9. The van der Waals surface area contributed by atoms with Gasteiger partial charge in [0, 0.05) is 0 Å². The number of rotatable bonds is 9. The van der Waals surface area contributed by atoms with Crippen LogP contribution in [-0.2, 0) is 24.2 Å². The zero-order valence-electron chi connectivity index (χ0n) is 29.6. The third-order valence-electron chi connectivity index (χ3n) is 9.26. The van der Waals surface area contributed by atoms with Gasteiger partial charge in [-0.3, -0.25) is 9.69 Å². The van der Waals surface area contributed by atoms with Gasteiger partial charge in [-0.15, -0.1) is 0 Å². The Labute approximate surface area is 286 Å². The molecule has 2 amide bonds. The second kappa shape index (κ2) is 13.8. The summed E-state index contributed by atoms with van der Waals surface area (Å²) in [5.74, 6) is -0.319. The van der Waals surface area contributed by atoms with Crippen molar-refractivity contribution in [3.05, 3.63) is 95.8 Å². The number of morpholine rings is 1. The summed E-state index contributed by atoms with van der Waals surface area (Å²) in [5, 5.41) is 5.15. The molecule has 3 aromatic carbocycles. The Kier molecular flexibility index (Phi) is 10.3. The van der Waals surface area contributed by atoms with E-state index in [-0.39, 0.29) is 36.5 Å². The summed E-state index contributed by atoms with van der Waals surface area (Å²) in [7, 11) is -2.91. The molecule has 5 rings (SSSR count). The van der Waals surface area contributed by atoms with Gasteiger partial charge in [0.2, 0.25) is 0 Å². The van der Waals surface area contributed by atoms with Crippen LogP contribution in [0.15, 0.2) is 78.9 Å². The first-order valence-electron chi connectivity index (χ1n) is 17.0. The van der Waals surface area contributed by atoms with Crippen molar-refractivity contribution < 1.29 is 27.9 Å². The van der Waals surface area contributed by atoms with Crippen molar-refractivity contribution in [1.29, 1.82) is 0 Å². The lowest BCUT2D eigenvalue weighted by molar-refractivity contribution is -0.144. The number of halogens is 1. The summed E-state index contributed by atoms with van der Waals surface area (Å²) in [4.78, 5) is 29.2. The fourth-order valence-corrected chi connectivity index (χ4v) is 11.4. The highest BCUT2D eigenvalue weighted by molar-refractivity contribution is 6.99. The first-order valence-corrected chi connectivity index (χ1v) is 18.9. The molecule has 1 N–H and O–H groups in total. The summed E-state index contributed by atoms with van der Waals surface area (Å²) < 4.78 is 33.4. The first-order chi connectivity index (χ1) is 22.5. The van der Waals surface area contributed by atoms with Crippen molar-refractivity contribution in [3.8, 4) is 0 Å². The predicted octanol–water partition coefficient (Wildman–Crippen LogP) is 6.64. The van der Waals surface area contributed by atoms with E-state index in [4.69, 9.17) is 13.9 Å². The van der Waals surface area contributed by atoms with Crippen LogP contribution in [0.1, 0.15) is 85.3 Å². The van der Waals surface area contributed by atoms with Gasteiger partial charge in [-0.1, -0.05) is 87.5 Å². The Hall–Kier alpha value is -3.53. The molecule has 1 aliphatic heterocycles. The van der Waals surface area contributed by atoms with Crippen LogP contribution in [0.3, 0.4) is 0 Å². The van der Waals surface area contributed by atoms with Gasteiger partial charge >= 0.3 is 6.09 Å². The van der Waals surface area contributed by atoms with Crippen molar-refractivity contribution >= 4 is 30.7 Å². The molecule has 7 nitrogen and oxygen atoms in total. The number of nitrogens with one attached hydrogen (secondary N) is 1. The number of hydrogen-bond acceptors (Lipinski definition) is 5. The molecule has 2 fully saturated rings. The lowest BCUT2D eigenvalue weighted by Gasteiger charge is -2.46. The highest BCUT2D eigenvalue weighted by atomic mass is 28.4. The molecule has 3 aromatic rings. The fourth-order valence-electron chi connectivity index (χ4n) is 6.81. The maximum Gasteiger partial charge on any atom is 0.410 e. The third-order valence-corrected chi connectivity index (χ3v) is 14.3. The van der Waals surface area contributed by atoms with Gasteiger partial charge in [-0.25, -0.2) is 9.18 Å². The lowest BCUT2D eigenvalue weighted by atomic mass is 9.87. The van der Waals surface area contributed by atoms with Gasteiger partial charge in [0.1, 0.15) is 11.4 Å². The van der Waals surface area contributed by atoms with E-state index in [0.717, 1.165) is 34.3 Å². The van der Waals surface area contributed by atoms with E-state index in [1.807, 2.05) is 71.0 Å². The van der Waals surface area contributed by atoms with Crippen molar-refractivity contribution in [1.82, 2.24) is 10.2 Å². The van der Waals surface area contributed by atoms with Gasteiger partial charge in [0.15, 0.2) is 6.10 Å². The Morgan fingerprint density at radius 3 is 2.00 bits per heavy atom. The van der Waals surface area contributed by atoms with E-state index in [2.05, 4.69) is 50.4 Å². The van der Waals surface area contributed by atoms with Gasteiger partial charge in [0.05, 0.1) is 31.3 Å². The number of ether oxygens (including phenoxy) is 2. The van der Waals surface area contributed by atoms with Crippen LogP contribution in [0.5, 0.6) is 0 Å². The molecule has 9 heteroatoms. The zero-order valence-corrected chi connectivity index (χ0v) is 30.6. The van der Waals surface area contributed by atoms with Gasteiger partial charge in [-0.05, 0) is 92.0 Å². The second-order valence-corrected chi connectivity index (χ2v) is 20.0. The molecule has 0 spiro atoms. The lowest BCUT2D eigenvalue weighted by Crippen LogP contribution is -2.68. The van der Waals surface area contributed by atoms with Gasteiger partial charge in [0.25, 0.3) is 14.2 Å². The number of carbonyl (C=O) groups excluding carboxylic acids is 2. The van der Waals surface area contributed by atoms with E-state index < -0.39 is 37.7 Å². The third kappa shape index (κ3) is 7.85. The van der Waals surface area contributed by atoms with Crippen molar-refractivity contribution in [2.75, 3.05) is 19.8 Å². The maximum atomic E-state index is 14.2. The number of amides is 2. The normalized spacial score (nSPS) is 19.1. The molecular formula is C39H51FN2O5Si. The molecular weight excluding hydrogens is 624 g/mol. The van der Waals surface area contributed by atoms with Crippen molar-refractivity contribution in [2.45, 2.75) is 102 Å². The molecule has 258 valence electrons. The molecule has 2 atom stereocenters. The van der Waals surface area contributed by atoms with Crippen molar-refractivity contribution in [2.24, 2.45) is 0 Å². The summed E-state index contributed by atoms with van der Waals surface area (Å²) in [5.41, 5.74) is 0.295. The fraction of sp³-hybridized carbons (Fsp3) is 0.487. The molecule has 1 aliphatic carbocycles. The highest BCUT2D eigenvalue weighted by Crippen LogP contribution is 2.44. The van der Waals surface area contributed by atoms with E-state index in [0.29, 0.717) is 5.92 Å². The average Bonchev–Trinajstić information content (AvgIpc) is 3.86. The largest absolute Gasteiger partial charge is 0.444 e. The smallest absolute Gasteiger partial charge is 0.410 e. The monoisotopic (exact) mass is 674 g/mol. The molecule has 1 heterocycles. The molecule has 2 aliphatic rings. The maximum absolute atomic E-state index is 14.2. The molecule has 0 unspecified atom stereocenters. The highest BCUT2D eigenvalue weighted by Gasteiger charge is 2.51. The van der Waals surface area contributed by atoms with E-state index >= 15 is 0 Å². The summed E-state index contributed by atoms with van der Waals surface area (Å²) in [6.07, 6.45) is 0.572. The first kappa shape index (κ1) is 35.8. The Balaban J connectivity index is 1.40. The van der Waals surface area contributed by atoms with Gasteiger partial charge < -0.3 is 19.2 Å². The van der Waals surface area contributed by atoms with Crippen LogP contribution < -0.4 is 15.7 Å². The minimum Gasteiger partial charge on any atom is -0.444 e. The summed E-state index contributed by atoms with van der Waals surface area (Å²) >= 11 is 0. The Morgan fingerprint density at radius 1 is 0.896 bits per heavy atom. The number of hydrogen-bond donors (Lipinski definition) is 1. The van der Waals surface area contributed by atoms with E-state index in [1.54, 1.807) is 17.0 Å². The minimum absolute atomic E-state index is 0.00446. The second-order valence-electron chi connectivity index (χ2n) is 15.7. The summed E-state index contributed by atoms with van der Waals surface area (Å²) in [6, 6.07) is 25.0. The van der Waals surface area contributed by atoms with Crippen LogP contribution >= 0.6 is 0 Å². The average molecular weight is 675 g/mol. The van der Waals surface area contributed by atoms with Crippen molar-refractivity contribution in [3.63, 3.8) is 0 Å². The molecule has 0 bridgehead atoms. The standard InChI is InChI=1S/C39H51FN2O5Si/c1-37(2,3)47-36(44)42-24-34(35(43)41-39(7,8)33-22-21-28(40)23-32(33)27-19-20-27)45-25-29(42)26-46-48(38(4,5)6,30-15-11-9-12-16-30)31-17-13-10-14-18-31/h9-18,21-23,27,29,34H,19-20,24-26H2,1-8H3,(H,41,43)/t29-,34-/m0/s1. The molecule has 48 heavy (non-hydrogen) atoms. The number of benzene rings is 3. The molecule has 0 aromatic heterocycles. The molecule has 0 radical (unpaired) electrons. The van der Waals surface area contributed by atoms with Crippen LogP contribution in [0.2, 0.25) is 5.04 Å². The Bertz CT molecular complexity index is 1540. The quantitative estimate of drug-likeness (QED) is 0.258. The number of carbonyl (C=O) groups is 2.